The van der Waals surface area contributed by atoms with Gasteiger partial charge in [0.25, 0.3) is 5.69 Å². The summed E-state index contributed by atoms with van der Waals surface area (Å²) >= 11 is 0. The first-order valence-corrected chi connectivity index (χ1v) is 7.50. The lowest BCUT2D eigenvalue weighted by atomic mass is 9.85. The molecule has 0 aromatic heterocycles. The second kappa shape index (κ2) is 7.38. The molecule has 1 aliphatic carbocycles. The number of nitrogen functional groups attached to an aromatic ring is 1. The smallest absolute Gasteiger partial charge is 0.294 e. The van der Waals surface area contributed by atoms with E-state index in [9.17, 15) is 10.1 Å². The Balaban J connectivity index is 2.03. The molecule has 0 saturated heterocycles. The topological polar surface area (TPSA) is 90.4 Å². The van der Waals surface area contributed by atoms with Gasteiger partial charge in [0.1, 0.15) is 5.69 Å². The minimum Gasteiger partial charge on any atom is -0.373 e. The Morgan fingerprint density at radius 1 is 1.48 bits per heavy atom. The van der Waals surface area contributed by atoms with Crippen LogP contribution >= 0.6 is 0 Å². The van der Waals surface area contributed by atoms with Crippen molar-refractivity contribution in [1.82, 2.24) is 0 Å². The molecule has 3 N–H and O–H groups in total. The number of para-hydroxylation sites is 1. The predicted octanol–water partition coefficient (Wildman–Crippen LogP) is 3.37. The van der Waals surface area contributed by atoms with Gasteiger partial charge < -0.3 is 10.2 Å². The fraction of sp³-hybridized carbons (Fsp3) is 0.600. The Labute approximate surface area is 124 Å². The Hall–Kier alpha value is -1.66. The highest BCUT2D eigenvalue weighted by Crippen LogP contribution is 2.31. The summed E-state index contributed by atoms with van der Waals surface area (Å²) in [5, 5.41) is 11.0. The number of nitro groups is 1. The van der Waals surface area contributed by atoms with Gasteiger partial charge in [-0.05, 0) is 18.8 Å². The van der Waals surface area contributed by atoms with Crippen LogP contribution in [0.3, 0.4) is 0 Å². The fourth-order valence-corrected chi connectivity index (χ4v) is 3.00. The normalized spacial score (nSPS) is 22.0. The first-order chi connectivity index (χ1) is 10.2. The Kier molecular flexibility index (Phi) is 5.52. The monoisotopic (exact) mass is 293 g/mol. The molecule has 6 heteroatoms. The van der Waals surface area contributed by atoms with E-state index in [-0.39, 0.29) is 11.8 Å². The summed E-state index contributed by atoms with van der Waals surface area (Å²) in [7, 11) is 0. The summed E-state index contributed by atoms with van der Waals surface area (Å²) in [6.07, 6.45) is 6.05. The van der Waals surface area contributed by atoms with Gasteiger partial charge in [0, 0.05) is 11.6 Å². The molecule has 2 rings (SSSR count). The van der Waals surface area contributed by atoms with Gasteiger partial charge in [-0.3, -0.25) is 16.0 Å². The highest BCUT2D eigenvalue weighted by molar-refractivity contribution is 5.65. The van der Waals surface area contributed by atoms with E-state index in [4.69, 9.17) is 10.6 Å². The number of nitrogens with one attached hydrogen (secondary N) is 1. The molecule has 6 nitrogen and oxygen atoms in total. The van der Waals surface area contributed by atoms with Crippen LogP contribution in [0.2, 0.25) is 0 Å². The van der Waals surface area contributed by atoms with Crippen LogP contribution in [-0.4, -0.2) is 11.0 Å². The van der Waals surface area contributed by atoms with Crippen LogP contribution in [0.4, 0.5) is 11.4 Å². The molecule has 0 radical (unpaired) electrons. The lowest BCUT2D eigenvalue weighted by Gasteiger charge is -2.28. The first kappa shape index (κ1) is 15.7. The molecule has 2 unspecified atom stereocenters. The largest absolute Gasteiger partial charge is 0.373 e. The van der Waals surface area contributed by atoms with Crippen LogP contribution in [0, 0.1) is 16.0 Å². The number of anilines is 1. The van der Waals surface area contributed by atoms with E-state index in [2.05, 4.69) is 12.3 Å². The SMILES string of the molecule is CCC1CCCC(OCc2cccc([N+](=O)[O-])c2NN)C1. The van der Waals surface area contributed by atoms with Crippen LogP contribution < -0.4 is 11.3 Å². The summed E-state index contributed by atoms with van der Waals surface area (Å²) in [6.45, 7) is 2.56. The van der Waals surface area contributed by atoms with Crippen LogP contribution in [0.5, 0.6) is 0 Å². The molecule has 1 aromatic rings. The maximum Gasteiger partial charge on any atom is 0.294 e. The lowest BCUT2D eigenvalue weighted by molar-refractivity contribution is -0.384. The molecule has 1 aliphatic rings. The molecule has 0 amide bonds. The number of nitrogens with zero attached hydrogens (tertiary/aromatic N) is 1. The third kappa shape index (κ3) is 3.92. The van der Waals surface area contributed by atoms with Crippen LogP contribution in [0.25, 0.3) is 0 Å². The van der Waals surface area contributed by atoms with E-state index < -0.39 is 4.92 Å². The van der Waals surface area contributed by atoms with E-state index in [0.717, 1.165) is 24.3 Å². The van der Waals surface area contributed by atoms with Gasteiger partial charge >= 0.3 is 0 Å². The van der Waals surface area contributed by atoms with Crippen LogP contribution in [0.15, 0.2) is 18.2 Å². The summed E-state index contributed by atoms with van der Waals surface area (Å²) < 4.78 is 5.96. The Morgan fingerprint density at radius 3 is 2.95 bits per heavy atom. The third-order valence-electron chi connectivity index (χ3n) is 4.26. The molecule has 1 saturated carbocycles. The van der Waals surface area contributed by atoms with Gasteiger partial charge in [0.15, 0.2) is 0 Å². The van der Waals surface area contributed by atoms with Crippen molar-refractivity contribution >= 4 is 11.4 Å². The number of hydrogen-bond acceptors (Lipinski definition) is 5. The zero-order chi connectivity index (χ0) is 15.2. The molecule has 0 spiro atoms. The summed E-state index contributed by atoms with van der Waals surface area (Å²) in [5.74, 6) is 6.17. The highest BCUT2D eigenvalue weighted by atomic mass is 16.6. The maximum atomic E-state index is 11.0. The number of nitro benzene ring substituents is 1. The van der Waals surface area contributed by atoms with Gasteiger partial charge in [-0.2, -0.15) is 0 Å². The lowest BCUT2D eigenvalue weighted by Crippen LogP contribution is -2.23. The van der Waals surface area contributed by atoms with Crippen molar-refractivity contribution in [2.75, 3.05) is 5.43 Å². The molecule has 2 atom stereocenters. The summed E-state index contributed by atoms with van der Waals surface area (Å²) in [5.41, 5.74) is 3.48. The maximum absolute atomic E-state index is 11.0. The van der Waals surface area contributed by atoms with Crippen LogP contribution in [0.1, 0.15) is 44.6 Å². The number of hydrogen-bond donors (Lipinski definition) is 2. The van der Waals surface area contributed by atoms with E-state index in [1.807, 2.05) is 6.07 Å². The second-order valence-electron chi connectivity index (χ2n) is 5.59. The number of benzene rings is 1. The number of ether oxygens (including phenoxy) is 1. The molecule has 1 aromatic carbocycles. The van der Waals surface area contributed by atoms with Gasteiger partial charge in [-0.15, -0.1) is 0 Å². The summed E-state index contributed by atoms with van der Waals surface area (Å²) in [6, 6.07) is 4.90. The van der Waals surface area contributed by atoms with E-state index >= 15 is 0 Å². The van der Waals surface area contributed by atoms with Crippen molar-refractivity contribution in [3.05, 3.63) is 33.9 Å². The number of hydrazine groups is 1. The first-order valence-electron chi connectivity index (χ1n) is 7.50. The minimum atomic E-state index is -0.438. The van der Waals surface area contributed by atoms with E-state index in [1.54, 1.807) is 6.07 Å². The average molecular weight is 293 g/mol. The van der Waals surface area contributed by atoms with Crippen molar-refractivity contribution in [3.63, 3.8) is 0 Å². The van der Waals surface area contributed by atoms with Crippen molar-refractivity contribution in [1.29, 1.82) is 0 Å². The van der Waals surface area contributed by atoms with Gasteiger partial charge in [-0.25, -0.2) is 0 Å². The minimum absolute atomic E-state index is 0.0197. The fourth-order valence-electron chi connectivity index (χ4n) is 3.00. The molecular weight excluding hydrogens is 270 g/mol. The van der Waals surface area contributed by atoms with Gasteiger partial charge in [0.05, 0.1) is 17.6 Å². The van der Waals surface area contributed by atoms with Gasteiger partial charge in [-0.1, -0.05) is 38.3 Å². The number of rotatable bonds is 6. The van der Waals surface area contributed by atoms with Crippen molar-refractivity contribution in [3.8, 4) is 0 Å². The van der Waals surface area contributed by atoms with E-state index in [1.165, 1.54) is 25.3 Å². The average Bonchev–Trinajstić information content (AvgIpc) is 2.52. The molecule has 21 heavy (non-hydrogen) atoms. The molecular formula is C15H23N3O3. The Bertz CT molecular complexity index is 493. The van der Waals surface area contributed by atoms with Crippen molar-refractivity contribution in [2.45, 2.75) is 51.7 Å². The van der Waals surface area contributed by atoms with Gasteiger partial charge in [0.2, 0.25) is 0 Å². The molecule has 0 heterocycles. The second-order valence-corrected chi connectivity index (χ2v) is 5.59. The standard InChI is InChI=1S/C15H23N3O3/c1-2-11-5-3-7-13(9-11)21-10-12-6-4-8-14(18(19)20)15(12)17-16/h4,6,8,11,13,17H,2-3,5,7,9-10,16H2,1H3. The van der Waals surface area contributed by atoms with Crippen molar-refractivity contribution < 1.29 is 9.66 Å². The van der Waals surface area contributed by atoms with Crippen molar-refractivity contribution in [2.24, 2.45) is 11.8 Å². The zero-order valence-corrected chi connectivity index (χ0v) is 12.4. The highest BCUT2D eigenvalue weighted by Gasteiger charge is 2.22. The quantitative estimate of drug-likeness (QED) is 0.477. The molecule has 1 fully saturated rings. The Morgan fingerprint density at radius 2 is 2.29 bits per heavy atom. The van der Waals surface area contributed by atoms with Crippen LogP contribution in [-0.2, 0) is 11.3 Å². The third-order valence-corrected chi connectivity index (χ3v) is 4.26. The zero-order valence-electron chi connectivity index (χ0n) is 12.4. The summed E-state index contributed by atoms with van der Waals surface area (Å²) in [4.78, 5) is 10.6. The molecule has 0 aliphatic heterocycles. The molecule has 116 valence electrons. The predicted molar refractivity (Wildman–Crippen MR) is 81.7 cm³/mol. The van der Waals surface area contributed by atoms with E-state index in [0.29, 0.717) is 12.3 Å². The molecule has 0 bridgehead atoms. The number of nitrogens with two attached hydrogens (primary N) is 1.